The lowest BCUT2D eigenvalue weighted by molar-refractivity contribution is -0.121. The maximum Gasteiger partial charge on any atom is 0.244 e. The van der Waals surface area contributed by atoms with Crippen LogP contribution in [0.15, 0.2) is 12.2 Å². The van der Waals surface area contributed by atoms with Gasteiger partial charge >= 0.3 is 0 Å². The van der Waals surface area contributed by atoms with E-state index in [0.29, 0.717) is 25.9 Å². The highest BCUT2D eigenvalue weighted by atomic mass is 16.2. The number of hydrogen-bond donors (Lipinski definition) is 3. The molecule has 0 atom stereocenters. The van der Waals surface area contributed by atoms with Gasteiger partial charge in [0.2, 0.25) is 17.7 Å². The minimum Gasteiger partial charge on any atom is -0.370 e. The number of amides is 3. The molecular formula is C17H29N3O4. The van der Waals surface area contributed by atoms with Crippen molar-refractivity contribution in [1.29, 1.82) is 0 Å². The lowest BCUT2D eigenvalue weighted by atomic mass is 10.1. The van der Waals surface area contributed by atoms with E-state index in [-0.39, 0.29) is 23.5 Å². The van der Waals surface area contributed by atoms with Crippen molar-refractivity contribution in [2.24, 2.45) is 5.73 Å². The van der Waals surface area contributed by atoms with E-state index in [2.05, 4.69) is 10.6 Å². The number of primary amides is 1. The van der Waals surface area contributed by atoms with Crippen molar-refractivity contribution in [3.05, 3.63) is 12.2 Å². The fourth-order valence-corrected chi connectivity index (χ4v) is 1.97. The summed E-state index contributed by atoms with van der Waals surface area (Å²) in [5.74, 6) is -0.702. The summed E-state index contributed by atoms with van der Waals surface area (Å²) in [6, 6.07) is 0. The quantitative estimate of drug-likeness (QED) is 0.323. The fraction of sp³-hybridized carbons (Fsp3) is 0.647. The minimum atomic E-state index is -0.287. The second-order valence-electron chi connectivity index (χ2n) is 5.67. The average Bonchev–Trinajstić information content (AvgIpc) is 2.51. The maximum atomic E-state index is 11.6. The van der Waals surface area contributed by atoms with Gasteiger partial charge in [0.15, 0.2) is 5.78 Å². The molecule has 0 aromatic carbocycles. The normalized spacial score (nSPS) is 10.5. The van der Waals surface area contributed by atoms with Crippen LogP contribution in [0.5, 0.6) is 0 Å². The Kier molecular flexibility index (Phi) is 13.1. The van der Waals surface area contributed by atoms with E-state index >= 15 is 0 Å². The Balaban J connectivity index is 3.41. The third-order valence-corrected chi connectivity index (χ3v) is 3.27. The van der Waals surface area contributed by atoms with Crippen LogP contribution in [0.3, 0.4) is 0 Å². The van der Waals surface area contributed by atoms with Gasteiger partial charge in [-0.3, -0.25) is 19.2 Å². The van der Waals surface area contributed by atoms with Gasteiger partial charge < -0.3 is 16.4 Å². The second-order valence-corrected chi connectivity index (χ2v) is 5.67. The molecular weight excluding hydrogens is 310 g/mol. The zero-order valence-corrected chi connectivity index (χ0v) is 14.4. The molecule has 7 heteroatoms. The fourth-order valence-electron chi connectivity index (χ4n) is 1.97. The molecule has 0 unspecified atom stereocenters. The van der Waals surface area contributed by atoms with Crippen molar-refractivity contribution in [2.75, 3.05) is 13.1 Å². The predicted octanol–water partition coefficient (Wildman–Crippen LogP) is 0.970. The van der Waals surface area contributed by atoms with Gasteiger partial charge in [-0.05, 0) is 38.7 Å². The third-order valence-electron chi connectivity index (χ3n) is 3.27. The number of rotatable bonds is 14. The van der Waals surface area contributed by atoms with Gasteiger partial charge in [-0.15, -0.1) is 0 Å². The van der Waals surface area contributed by atoms with Crippen LogP contribution < -0.4 is 16.4 Å². The van der Waals surface area contributed by atoms with Crippen molar-refractivity contribution >= 4 is 23.5 Å². The first-order chi connectivity index (χ1) is 11.4. The molecule has 24 heavy (non-hydrogen) atoms. The molecule has 0 fully saturated rings. The number of carbonyl (C=O) groups is 4. The molecule has 0 aromatic heterocycles. The smallest absolute Gasteiger partial charge is 0.244 e. The number of ketones is 1. The first-order valence-electron chi connectivity index (χ1n) is 8.43. The van der Waals surface area contributed by atoms with Crippen LogP contribution in [0.25, 0.3) is 0 Å². The Hall–Kier alpha value is -2.18. The molecule has 0 rings (SSSR count). The number of nitrogens with one attached hydrogen (secondary N) is 2. The molecule has 0 aliphatic heterocycles. The Morgan fingerprint density at radius 3 is 1.96 bits per heavy atom. The van der Waals surface area contributed by atoms with Gasteiger partial charge in [-0.25, -0.2) is 0 Å². The maximum absolute atomic E-state index is 11.6. The summed E-state index contributed by atoms with van der Waals surface area (Å²) in [6.45, 7) is 2.54. The van der Waals surface area contributed by atoms with Crippen molar-refractivity contribution in [1.82, 2.24) is 10.6 Å². The minimum absolute atomic E-state index is 0.0262. The molecule has 7 nitrogen and oxygen atoms in total. The van der Waals surface area contributed by atoms with Crippen molar-refractivity contribution in [3.63, 3.8) is 0 Å². The topological polar surface area (TPSA) is 118 Å². The summed E-state index contributed by atoms with van der Waals surface area (Å²) >= 11 is 0. The number of hydrogen-bond acceptors (Lipinski definition) is 4. The zero-order valence-electron chi connectivity index (χ0n) is 14.4. The standard InChI is InChI=1S/C17H29N3O4/c1-14(21)10-11-17(24)20-13-7-3-5-9-16(23)19-12-6-2-4-8-15(18)22/h10-11H,2-9,12-13H2,1H3,(H2,18,22)(H,19,23)(H,20,24)/b11-10-. The predicted molar refractivity (Wildman–Crippen MR) is 92.0 cm³/mol. The van der Waals surface area contributed by atoms with Gasteiger partial charge in [0.1, 0.15) is 0 Å². The van der Waals surface area contributed by atoms with Crippen LogP contribution in [-0.2, 0) is 19.2 Å². The second kappa shape index (κ2) is 14.4. The first kappa shape index (κ1) is 21.8. The largest absolute Gasteiger partial charge is 0.370 e. The molecule has 0 aliphatic rings. The molecule has 3 amide bonds. The number of nitrogens with two attached hydrogens (primary N) is 1. The van der Waals surface area contributed by atoms with Gasteiger partial charge in [0.05, 0.1) is 0 Å². The molecule has 0 saturated carbocycles. The molecule has 0 bridgehead atoms. The Labute approximate surface area is 143 Å². The summed E-state index contributed by atoms with van der Waals surface area (Å²) in [7, 11) is 0. The third kappa shape index (κ3) is 16.2. The Morgan fingerprint density at radius 2 is 1.38 bits per heavy atom. The Morgan fingerprint density at radius 1 is 0.792 bits per heavy atom. The summed E-state index contributed by atoms with van der Waals surface area (Å²) in [4.78, 5) is 44.1. The summed E-state index contributed by atoms with van der Waals surface area (Å²) in [5, 5.41) is 5.52. The summed E-state index contributed by atoms with van der Waals surface area (Å²) < 4.78 is 0. The lowest BCUT2D eigenvalue weighted by Crippen LogP contribution is -2.24. The van der Waals surface area contributed by atoms with Crippen molar-refractivity contribution in [3.8, 4) is 0 Å². The van der Waals surface area contributed by atoms with E-state index in [4.69, 9.17) is 5.73 Å². The van der Waals surface area contributed by atoms with E-state index in [0.717, 1.165) is 38.5 Å². The monoisotopic (exact) mass is 339 g/mol. The van der Waals surface area contributed by atoms with Crippen LogP contribution >= 0.6 is 0 Å². The highest BCUT2D eigenvalue weighted by molar-refractivity contribution is 5.96. The Bertz CT molecular complexity index is 447. The summed E-state index contributed by atoms with van der Waals surface area (Å²) in [5.41, 5.74) is 5.04. The zero-order chi connectivity index (χ0) is 18.2. The summed E-state index contributed by atoms with van der Waals surface area (Å²) in [6.07, 6.45) is 8.22. The molecule has 0 saturated heterocycles. The number of allylic oxidation sites excluding steroid dienone is 1. The van der Waals surface area contributed by atoms with E-state index in [1.807, 2.05) is 0 Å². The van der Waals surface area contributed by atoms with Crippen LogP contribution in [-0.4, -0.2) is 36.6 Å². The molecule has 4 N–H and O–H groups in total. The van der Waals surface area contributed by atoms with E-state index < -0.39 is 0 Å². The van der Waals surface area contributed by atoms with Crippen molar-refractivity contribution < 1.29 is 19.2 Å². The van der Waals surface area contributed by atoms with E-state index in [1.54, 1.807) is 0 Å². The van der Waals surface area contributed by atoms with Crippen LogP contribution in [0, 0.1) is 0 Å². The highest BCUT2D eigenvalue weighted by Gasteiger charge is 2.01. The van der Waals surface area contributed by atoms with Crippen LogP contribution in [0.2, 0.25) is 0 Å². The van der Waals surface area contributed by atoms with Gasteiger partial charge in [-0.1, -0.05) is 12.8 Å². The number of unbranched alkanes of at least 4 members (excludes halogenated alkanes) is 4. The van der Waals surface area contributed by atoms with Crippen LogP contribution in [0.4, 0.5) is 0 Å². The molecule has 0 aliphatic carbocycles. The average molecular weight is 339 g/mol. The molecule has 0 aromatic rings. The molecule has 0 spiro atoms. The van der Waals surface area contributed by atoms with E-state index in [1.165, 1.54) is 19.1 Å². The first-order valence-corrected chi connectivity index (χ1v) is 8.43. The van der Waals surface area contributed by atoms with Crippen molar-refractivity contribution in [2.45, 2.75) is 58.3 Å². The molecule has 136 valence electrons. The van der Waals surface area contributed by atoms with Gasteiger partial charge in [-0.2, -0.15) is 0 Å². The van der Waals surface area contributed by atoms with Gasteiger partial charge in [0.25, 0.3) is 0 Å². The lowest BCUT2D eigenvalue weighted by Gasteiger charge is -2.05. The SMILES string of the molecule is CC(=O)/C=C\C(=O)NCCCCCC(=O)NCCCCCC(N)=O. The number of carbonyl (C=O) groups excluding carboxylic acids is 4. The highest BCUT2D eigenvalue weighted by Crippen LogP contribution is 2.00. The van der Waals surface area contributed by atoms with E-state index in [9.17, 15) is 19.2 Å². The molecule has 0 radical (unpaired) electrons. The van der Waals surface area contributed by atoms with Crippen LogP contribution in [0.1, 0.15) is 58.3 Å². The van der Waals surface area contributed by atoms with Gasteiger partial charge in [0, 0.05) is 32.0 Å². The molecule has 0 heterocycles.